The number of amides is 2. The summed E-state index contributed by atoms with van der Waals surface area (Å²) in [5.41, 5.74) is 6.30. The van der Waals surface area contributed by atoms with Crippen LogP contribution in [-0.2, 0) is 4.79 Å². The van der Waals surface area contributed by atoms with Crippen LogP contribution >= 0.6 is 12.4 Å². The van der Waals surface area contributed by atoms with Crippen LogP contribution in [-0.4, -0.2) is 41.3 Å². The van der Waals surface area contributed by atoms with Gasteiger partial charge in [-0.05, 0) is 12.1 Å². The van der Waals surface area contributed by atoms with E-state index in [9.17, 15) is 9.59 Å². The van der Waals surface area contributed by atoms with Gasteiger partial charge in [0.1, 0.15) is 5.69 Å². The van der Waals surface area contributed by atoms with Crippen LogP contribution in [0.3, 0.4) is 0 Å². The molecule has 0 aromatic carbocycles. The third-order valence-electron chi connectivity index (χ3n) is 2.70. The molecule has 1 saturated heterocycles. The predicted molar refractivity (Wildman–Crippen MR) is 69.4 cm³/mol. The average Bonchev–Trinajstić information content (AvgIpc) is 2.58. The van der Waals surface area contributed by atoms with E-state index in [-0.39, 0.29) is 30.3 Å². The number of aromatic nitrogens is 1. The zero-order chi connectivity index (χ0) is 12.4. The summed E-state index contributed by atoms with van der Waals surface area (Å²) in [6, 6.07) is 3.04. The zero-order valence-electron chi connectivity index (χ0n) is 9.92. The Kier molecular flexibility index (Phi) is 4.49. The molecule has 2 rings (SSSR count). The van der Waals surface area contributed by atoms with Crippen molar-refractivity contribution in [2.75, 3.05) is 19.3 Å². The predicted octanol–water partition coefficient (Wildman–Crippen LogP) is 0.0461. The minimum atomic E-state index is -0.280. The highest BCUT2D eigenvalue weighted by Gasteiger charge is 2.28. The first-order chi connectivity index (χ1) is 8.06. The Morgan fingerprint density at radius 2 is 2.28 bits per heavy atom. The molecule has 0 saturated carbocycles. The molecule has 7 heteroatoms. The number of halogens is 1. The Hall–Kier alpha value is -1.82. The summed E-state index contributed by atoms with van der Waals surface area (Å²) in [5, 5.41) is 2.77. The Balaban J connectivity index is 0.00000162. The number of likely N-dealkylation sites (tertiary alicyclic amines) is 1. The number of nitrogens with one attached hydrogen (secondary N) is 1. The van der Waals surface area contributed by atoms with Gasteiger partial charge in [0.15, 0.2) is 0 Å². The molecule has 98 valence electrons. The average molecular weight is 271 g/mol. The second-order valence-electron chi connectivity index (χ2n) is 4.13. The summed E-state index contributed by atoms with van der Waals surface area (Å²) >= 11 is 0. The van der Waals surface area contributed by atoms with Crippen molar-refractivity contribution in [1.82, 2.24) is 15.2 Å². The summed E-state index contributed by atoms with van der Waals surface area (Å²) in [5.74, 6) is -0.237. The summed E-state index contributed by atoms with van der Waals surface area (Å²) in [6.45, 7) is 0.541. The lowest BCUT2D eigenvalue weighted by molar-refractivity contribution is -0.126. The van der Waals surface area contributed by atoms with E-state index in [1.54, 1.807) is 24.1 Å². The fourth-order valence-electron chi connectivity index (χ4n) is 1.76. The number of rotatable bonds is 2. The van der Waals surface area contributed by atoms with Gasteiger partial charge in [-0.2, -0.15) is 0 Å². The highest BCUT2D eigenvalue weighted by Crippen LogP contribution is 2.09. The van der Waals surface area contributed by atoms with Gasteiger partial charge in [-0.1, -0.05) is 0 Å². The molecule has 1 aromatic heterocycles. The highest BCUT2D eigenvalue weighted by molar-refractivity contribution is 5.93. The number of hydrogen-bond donors (Lipinski definition) is 2. The second kappa shape index (κ2) is 5.68. The number of nitrogens with two attached hydrogens (primary N) is 1. The largest absolute Gasteiger partial charge is 0.397 e. The SMILES string of the molecule is CN1CC(NC(=O)c2ccc(N)cn2)CC1=O.Cl. The summed E-state index contributed by atoms with van der Waals surface area (Å²) in [6.07, 6.45) is 1.78. The standard InChI is InChI=1S/C11H14N4O2.ClH/c1-15-6-8(4-10(15)16)14-11(17)9-3-2-7(12)5-13-9;/h2-3,5,8H,4,6,12H2,1H3,(H,14,17);1H. The molecule has 0 radical (unpaired) electrons. The number of likely N-dealkylation sites (N-methyl/N-ethyl adjacent to an activating group) is 1. The van der Waals surface area contributed by atoms with Gasteiger partial charge in [0, 0.05) is 20.0 Å². The molecule has 1 atom stereocenters. The van der Waals surface area contributed by atoms with Gasteiger partial charge in [-0.3, -0.25) is 9.59 Å². The number of carbonyl (C=O) groups is 2. The Labute approximate surface area is 111 Å². The molecular formula is C11H15ClN4O2. The Morgan fingerprint density at radius 1 is 1.56 bits per heavy atom. The summed E-state index contributed by atoms with van der Waals surface area (Å²) in [7, 11) is 1.72. The molecule has 1 aromatic rings. The number of carbonyl (C=O) groups excluding carboxylic acids is 2. The van der Waals surface area contributed by atoms with Crippen molar-refractivity contribution in [2.45, 2.75) is 12.5 Å². The van der Waals surface area contributed by atoms with E-state index in [0.29, 0.717) is 24.3 Å². The molecule has 1 fully saturated rings. The zero-order valence-corrected chi connectivity index (χ0v) is 10.7. The lowest BCUT2D eigenvalue weighted by Crippen LogP contribution is -2.36. The van der Waals surface area contributed by atoms with Crippen molar-refractivity contribution >= 4 is 29.9 Å². The van der Waals surface area contributed by atoms with Crippen molar-refractivity contribution in [1.29, 1.82) is 0 Å². The molecule has 0 aliphatic carbocycles. The first kappa shape index (κ1) is 14.2. The molecule has 1 unspecified atom stereocenters. The first-order valence-corrected chi connectivity index (χ1v) is 5.32. The van der Waals surface area contributed by atoms with Gasteiger partial charge < -0.3 is 16.0 Å². The molecule has 1 aliphatic heterocycles. The van der Waals surface area contributed by atoms with E-state index in [4.69, 9.17) is 5.73 Å². The van der Waals surface area contributed by atoms with Crippen LogP contribution in [0.2, 0.25) is 0 Å². The smallest absolute Gasteiger partial charge is 0.270 e. The minimum Gasteiger partial charge on any atom is -0.397 e. The summed E-state index contributed by atoms with van der Waals surface area (Å²) in [4.78, 5) is 28.6. The van der Waals surface area contributed by atoms with E-state index < -0.39 is 0 Å². The van der Waals surface area contributed by atoms with Crippen molar-refractivity contribution in [3.05, 3.63) is 24.0 Å². The van der Waals surface area contributed by atoms with Gasteiger partial charge in [-0.25, -0.2) is 4.98 Å². The maximum Gasteiger partial charge on any atom is 0.270 e. The Morgan fingerprint density at radius 3 is 2.78 bits per heavy atom. The van der Waals surface area contributed by atoms with Crippen molar-refractivity contribution < 1.29 is 9.59 Å². The van der Waals surface area contributed by atoms with Gasteiger partial charge in [0.2, 0.25) is 5.91 Å². The van der Waals surface area contributed by atoms with Gasteiger partial charge >= 0.3 is 0 Å². The minimum absolute atomic E-state index is 0. The molecule has 3 N–H and O–H groups in total. The third-order valence-corrected chi connectivity index (χ3v) is 2.70. The maximum absolute atomic E-state index is 11.8. The topological polar surface area (TPSA) is 88.3 Å². The van der Waals surface area contributed by atoms with Gasteiger partial charge in [-0.15, -0.1) is 12.4 Å². The lowest BCUT2D eigenvalue weighted by Gasteiger charge is -2.11. The molecule has 0 spiro atoms. The molecule has 2 heterocycles. The summed E-state index contributed by atoms with van der Waals surface area (Å²) < 4.78 is 0. The van der Waals surface area contributed by atoms with Crippen LogP contribution < -0.4 is 11.1 Å². The number of pyridine rings is 1. The van der Waals surface area contributed by atoms with Gasteiger partial charge in [0.25, 0.3) is 5.91 Å². The van der Waals surface area contributed by atoms with E-state index in [2.05, 4.69) is 10.3 Å². The Bertz CT molecular complexity index is 449. The fraction of sp³-hybridized carbons (Fsp3) is 0.364. The quantitative estimate of drug-likeness (QED) is 0.795. The number of anilines is 1. The van der Waals surface area contributed by atoms with Crippen LogP contribution in [0.1, 0.15) is 16.9 Å². The van der Waals surface area contributed by atoms with Crippen molar-refractivity contribution in [3.63, 3.8) is 0 Å². The molecule has 1 aliphatic rings. The van der Waals surface area contributed by atoms with Crippen molar-refractivity contribution in [3.8, 4) is 0 Å². The van der Waals surface area contributed by atoms with E-state index in [1.165, 1.54) is 6.20 Å². The van der Waals surface area contributed by atoms with Crippen LogP contribution in [0.4, 0.5) is 5.69 Å². The molecule has 2 amide bonds. The highest BCUT2D eigenvalue weighted by atomic mass is 35.5. The van der Waals surface area contributed by atoms with Crippen LogP contribution in [0.5, 0.6) is 0 Å². The van der Waals surface area contributed by atoms with Gasteiger partial charge in [0.05, 0.1) is 17.9 Å². The van der Waals surface area contributed by atoms with E-state index >= 15 is 0 Å². The maximum atomic E-state index is 11.8. The van der Waals surface area contributed by atoms with Crippen molar-refractivity contribution in [2.24, 2.45) is 0 Å². The number of nitrogen functional groups attached to an aromatic ring is 1. The molecule has 0 bridgehead atoms. The second-order valence-corrected chi connectivity index (χ2v) is 4.13. The lowest BCUT2D eigenvalue weighted by atomic mass is 10.2. The molecular weight excluding hydrogens is 256 g/mol. The molecule has 18 heavy (non-hydrogen) atoms. The van der Waals surface area contributed by atoms with Crippen LogP contribution in [0.25, 0.3) is 0 Å². The van der Waals surface area contributed by atoms with E-state index in [0.717, 1.165) is 0 Å². The monoisotopic (exact) mass is 270 g/mol. The number of nitrogens with zero attached hydrogens (tertiary/aromatic N) is 2. The number of hydrogen-bond acceptors (Lipinski definition) is 4. The first-order valence-electron chi connectivity index (χ1n) is 5.32. The van der Waals surface area contributed by atoms with Crippen LogP contribution in [0.15, 0.2) is 18.3 Å². The van der Waals surface area contributed by atoms with Crippen LogP contribution in [0, 0.1) is 0 Å². The normalized spacial score (nSPS) is 18.4. The van der Waals surface area contributed by atoms with E-state index in [1.807, 2.05) is 0 Å². The molecule has 6 nitrogen and oxygen atoms in total. The fourth-order valence-corrected chi connectivity index (χ4v) is 1.76. The third kappa shape index (κ3) is 3.10.